The second kappa shape index (κ2) is 2.82. The van der Waals surface area contributed by atoms with Crippen molar-refractivity contribution in [1.29, 1.82) is 0 Å². The first kappa shape index (κ1) is 6.55. The first-order chi connectivity index (χ1) is 4.33. The Morgan fingerprint density at radius 1 is 1.67 bits per heavy atom. The highest BCUT2D eigenvalue weighted by molar-refractivity contribution is 7.98. The second-order valence-corrected chi connectivity index (χ2v) is 2.30. The van der Waals surface area contributed by atoms with Crippen molar-refractivity contribution < 1.29 is 4.39 Å². The van der Waals surface area contributed by atoms with Crippen molar-refractivity contribution >= 4 is 11.8 Å². The third-order valence-electron chi connectivity index (χ3n) is 0.842. The number of halogens is 1. The summed E-state index contributed by atoms with van der Waals surface area (Å²) in [6, 6.07) is 2.49. The number of rotatable bonds is 1. The summed E-state index contributed by atoms with van der Waals surface area (Å²) >= 11 is 1.42. The van der Waals surface area contributed by atoms with Crippen molar-refractivity contribution in [2.24, 2.45) is 0 Å². The molecular formula is C6H5FNS. The van der Waals surface area contributed by atoms with E-state index in [1.165, 1.54) is 11.8 Å². The van der Waals surface area contributed by atoms with Crippen molar-refractivity contribution in [2.75, 3.05) is 6.26 Å². The zero-order valence-electron chi connectivity index (χ0n) is 4.89. The van der Waals surface area contributed by atoms with E-state index in [9.17, 15) is 4.39 Å². The molecule has 0 saturated carbocycles. The summed E-state index contributed by atoms with van der Waals surface area (Å²) in [6.45, 7) is 0. The minimum Gasteiger partial charge on any atom is -0.260 e. The van der Waals surface area contributed by atoms with E-state index in [1.807, 2.05) is 6.26 Å². The van der Waals surface area contributed by atoms with Crippen molar-refractivity contribution in [3.05, 3.63) is 24.3 Å². The predicted molar refractivity (Wildman–Crippen MR) is 34.8 cm³/mol. The Kier molecular flexibility index (Phi) is 2.05. The molecule has 1 heterocycles. The number of nitrogens with zero attached hydrogens (tertiary/aromatic N) is 1. The van der Waals surface area contributed by atoms with E-state index in [-0.39, 0.29) is 0 Å². The van der Waals surface area contributed by atoms with Gasteiger partial charge in [0.05, 0.1) is 6.20 Å². The van der Waals surface area contributed by atoms with Crippen LogP contribution in [0.5, 0.6) is 0 Å². The van der Waals surface area contributed by atoms with Crippen LogP contribution in [0.4, 0.5) is 4.39 Å². The molecule has 1 aromatic heterocycles. The van der Waals surface area contributed by atoms with Gasteiger partial charge in [-0.2, -0.15) is 0 Å². The van der Waals surface area contributed by atoms with E-state index in [0.29, 0.717) is 0 Å². The Balaban J connectivity index is 2.94. The molecule has 0 amide bonds. The Labute approximate surface area is 57.3 Å². The fourth-order valence-electron chi connectivity index (χ4n) is 0.456. The molecule has 0 N–H and O–H groups in total. The summed E-state index contributed by atoms with van der Waals surface area (Å²) < 4.78 is 12.2. The summed E-state index contributed by atoms with van der Waals surface area (Å²) in [5.74, 6) is -0.401. The van der Waals surface area contributed by atoms with Crippen molar-refractivity contribution in [2.45, 2.75) is 4.90 Å². The predicted octanol–water partition coefficient (Wildman–Crippen LogP) is 1.74. The fraction of sp³-hybridized carbons (Fsp3) is 0.167. The smallest absolute Gasteiger partial charge is 0.150 e. The minimum absolute atomic E-state index is 0.401. The van der Waals surface area contributed by atoms with E-state index in [0.717, 1.165) is 11.1 Å². The monoisotopic (exact) mass is 142 g/mol. The van der Waals surface area contributed by atoms with Crippen LogP contribution < -0.4 is 0 Å². The number of aromatic nitrogens is 1. The lowest BCUT2D eigenvalue weighted by atomic mass is 10.5. The molecule has 0 bridgehead atoms. The molecular weight excluding hydrogens is 137 g/mol. The second-order valence-electron chi connectivity index (χ2n) is 1.45. The van der Waals surface area contributed by atoms with Gasteiger partial charge in [-0.25, -0.2) is 4.39 Å². The third kappa shape index (κ3) is 1.68. The van der Waals surface area contributed by atoms with Crippen LogP contribution in [0.2, 0.25) is 0 Å². The zero-order chi connectivity index (χ0) is 6.69. The van der Waals surface area contributed by atoms with Crippen LogP contribution >= 0.6 is 11.8 Å². The van der Waals surface area contributed by atoms with Gasteiger partial charge in [0.25, 0.3) is 0 Å². The molecule has 0 spiro atoms. The highest BCUT2D eigenvalue weighted by atomic mass is 32.2. The van der Waals surface area contributed by atoms with E-state index >= 15 is 0 Å². The molecule has 1 nitrogen and oxygen atoms in total. The molecule has 3 heteroatoms. The SMILES string of the molecule is CSc1[c]c(F)cnc1. The van der Waals surface area contributed by atoms with Crippen LogP contribution in [0.15, 0.2) is 17.3 Å². The quantitative estimate of drug-likeness (QED) is 0.554. The van der Waals surface area contributed by atoms with Gasteiger partial charge in [0.15, 0.2) is 5.82 Å². The molecule has 1 radical (unpaired) electrons. The first-order valence-electron chi connectivity index (χ1n) is 2.40. The zero-order valence-corrected chi connectivity index (χ0v) is 5.70. The topological polar surface area (TPSA) is 12.9 Å². The Morgan fingerprint density at radius 3 is 2.89 bits per heavy atom. The lowest BCUT2D eigenvalue weighted by Gasteiger charge is -1.90. The molecule has 0 aliphatic heterocycles. The molecule has 1 rings (SSSR count). The maximum atomic E-state index is 12.2. The third-order valence-corrected chi connectivity index (χ3v) is 1.49. The van der Waals surface area contributed by atoms with E-state index in [4.69, 9.17) is 0 Å². The van der Waals surface area contributed by atoms with E-state index in [2.05, 4.69) is 11.1 Å². The average Bonchev–Trinajstić information content (AvgIpc) is 1.88. The van der Waals surface area contributed by atoms with Crippen LogP contribution in [0.1, 0.15) is 0 Å². The molecule has 0 aliphatic carbocycles. The average molecular weight is 142 g/mol. The van der Waals surface area contributed by atoms with E-state index in [1.54, 1.807) is 6.20 Å². The maximum absolute atomic E-state index is 12.2. The molecule has 0 aliphatic rings. The van der Waals surface area contributed by atoms with Gasteiger partial charge in [0.2, 0.25) is 0 Å². The lowest BCUT2D eigenvalue weighted by Crippen LogP contribution is -1.78. The number of thioether (sulfide) groups is 1. The summed E-state index contributed by atoms with van der Waals surface area (Å²) in [4.78, 5) is 4.36. The van der Waals surface area contributed by atoms with Crippen LogP contribution in [0.3, 0.4) is 0 Å². The van der Waals surface area contributed by atoms with Crippen molar-refractivity contribution in [3.63, 3.8) is 0 Å². The number of hydrogen-bond acceptors (Lipinski definition) is 2. The van der Waals surface area contributed by atoms with Gasteiger partial charge in [0.1, 0.15) is 0 Å². The van der Waals surface area contributed by atoms with Gasteiger partial charge in [-0.05, 0) is 6.26 Å². The van der Waals surface area contributed by atoms with Crippen molar-refractivity contribution in [3.8, 4) is 0 Å². The van der Waals surface area contributed by atoms with Gasteiger partial charge < -0.3 is 0 Å². The lowest BCUT2D eigenvalue weighted by molar-refractivity contribution is 0.614. The summed E-state index contributed by atoms with van der Waals surface area (Å²) in [7, 11) is 0. The van der Waals surface area contributed by atoms with Gasteiger partial charge in [-0.3, -0.25) is 4.98 Å². The van der Waals surface area contributed by atoms with Crippen LogP contribution in [0.25, 0.3) is 0 Å². The Hall–Kier alpha value is -0.570. The molecule has 0 fully saturated rings. The van der Waals surface area contributed by atoms with Crippen LogP contribution in [-0.2, 0) is 0 Å². The maximum Gasteiger partial charge on any atom is 0.150 e. The molecule has 47 valence electrons. The van der Waals surface area contributed by atoms with Crippen LogP contribution in [0, 0.1) is 11.9 Å². The summed E-state index contributed by atoms with van der Waals surface area (Å²) in [5.41, 5.74) is 0. The molecule has 0 saturated heterocycles. The summed E-state index contributed by atoms with van der Waals surface area (Å²) in [6.07, 6.45) is 4.57. The van der Waals surface area contributed by atoms with Gasteiger partial charge in [0, 0.05) is 17.2 Å². The number of pyridine rings is 1. The molecule has 0 aromatic carbocycles. The van der Waals surface area contributed by atoms with Gasteiger partial charge in [-0.15, -0.1) is 11.8 Å². The van der Waals surface area contributed by atoms with Crippen LogP contribution in [-0.4, -0.2) is 11.2 Å². The highest BCUT2D eigenvalue weighted by Gasteiger charge is 1.91. The van der Waals surface area contributed by atoms with Gasteiger partial charge >= 0.3 is 0 Å². The molecule has 9 heavy (non-hydrogen) atoms. The summed E-state index contributed by atoms with van der Waals surface area (Å²) in [5, 5.41) is 0. The normalized spacial score (nSPS) is 9.56. The van der Waals surface area contributed by atoms with E-state index < -0.39 is 5.82 Å². The largest absolute Gasteiger partial charge is 0.260 e. The minimum atomic E-state index is -0.401. The molecule has 0 unspecified atom stereocenters. The molecule has 0 atom stereocenters. The van der Waals surface area contributed by atoms with Crippen molar-refractivity contribution in [1.82, 2.24) is 4.98 Å². The number of hydrogen-bond donors (Lipinski definition) is 0. The Morgan fingerprint density at radius 2 is 2.44 bits per heavy atom. The fourth-order valence-corrected chi connectivity index (χ4v) is 0.822. The van der Waals surface area contributed by atoms with Gasteiger partial charge in [-0.1, -0.05) is 0 Å². The Bertz CT molecular complexity index is 202. The molecule has 1 aromatic rings. The highest BCUT2D eigenvalue weighted by Crippen LogP contribution is 2.11. The standard InChI is InChI=1S/C6H5FNS/c1-9-6-2-5(7)3-8-4-6/h3-4H,1H3. The first-order valence-corrected chi connectivity index (χ1v) is 3.62.